The number of aliphatic carboxylic acids is 1. The number of nitrogens with zero attached hydrogens (tertiary/aromatic N) is 2. The molecule has 32 heavy (non-hydrogen) atoms. The van der Waals surface area contributed by atoms with Gasteiger partial charge in [-0.25, -0.2) is 0 Å². The molecule has 0 aromatic heterocycles. The minimum Gasteiger partial charge on any atom is -0.481 e. The van der Waals surface area contributed by atoms with E-state index in [1.54, 1.807) is 0 Å². The molecule has 2 aromatic rings. The van der Waals surface area contributed by atoms with Gasteiger partial charge in [-0.2, -0.15) is 0 Å². The Morgan fingerprint density at radius 1 is 1.00 bits per heavy atom. The van der Waals surface area contributed by atoms with Crippen molar-refractivity contribution in [2.45, 2.75) is 73.6 Å². The van der Waals surface area contributed by atoms with Crippen molar-refractivity contribution in [3.05, 3.63) is 47.5 Å². The van der Waals surface area contributed by atoms with Crippen LogP contribution >= 0.6 is 23.4 Å². The Hall–Kier alpha value is -1.69. The quantitative estimate of drug-likeness (QED) is 0.508. The fraction of sp³-hybridized carbons (Fsp3) is 0.500. The van der Waals surface area contributed by atoms with Crippen molar-refractivity contribution in [3.8, 4) is 0 Å². The standard InChI is InChI=1S/C24H29ClN2S.C2H4O2/c25-19-10-11-23-21(18-19)27(20-8-2-3-9-22(20)28-23)17-7-16-26-15-6-14-24(26)12-4-1-5-13-24;1-2(3)4/h2-3,8-11,18H,1,4-7,12-17H2;1H3,(H,3,4). The second-order valence-corrected chi connectivity index (χ2v) is 10.6. The van der Waals surface area contributed by atoms with Crippen molar-refractivity contribution in [2.75, 3.05) is 24.5 Å². The van der Waals surface area contributed by atoms with E-state index in [0.717, 1.165) is 18.5 Å². The van der Waals surface area contributed by atoms with E-state index in [2.05, 4.69) is 46.2 Å². The highest BCUT2D eigenvalue weighted by Gasteiger charge is 2.40. The van der Waals surface area contributed by atoms with E-state index in [1.165, 1.54) is 85.6 Å². The third-order valence-corrected chi connectivity index (χ3v) is 8.29. The van der Waals surface area contributed by atoms with E-state index < -0.39 is 5.97 Å². The van der Waals surface area contributed by atoms with Crippen molar-refractivity contribution in [1.82, 2.24) is 4.90 Å². The Bertz CT molecular complexity index is 941. The van der Waals surface area contributed by atoms with Crippen molar-refractivity contribution < 1.29 is 9.90 Å². The Balaban J connectivity index is 0.000000567. The van der Waals surface area contributed by atoms with Crippen LogP contribution in [0.15, 0.2) is 52.3 Å². The number of hydrogen-bond donors (Lipinski definition) is 1. The summed E-state index contributed by atoms with van der Waals surface area (Å²) < 4.78 is 0. The van der Waals surface area contributed by atoms with Gasteiger partial charge in [0, 0.05) is 40.4 Å². The molecule has 5 rings (SSSR count). The van der Waals surface area contributed by atoms with Gasteiger partial charge < -0.3 is 10.0 Å². The molecule has 1 saturated carbocycles. The smallest absolute Gasteiger partial charge is 0.300 e. The normalized spacial score (nSPS) is 19.1. The number of hydrogen-bond acceptors (Lipinski definition) is 4. The molecule has 0 atom stereocenters. The number of benzene rings is 2. The molecule has 0 amide bonds. The van der Waals surface area contributed by atoms with Gasteiger partial charge in [0.2, 0.25) is 0 Å². The maximum absolute atomic E-state index is 9.00. The van der Waals surface area contributed by atoms with Crippen LogP contribution in [0, 0.1) is 0 Å². The second kappa shape index (κ2) is 10.5. The summed E-state index contributed by atoms with van der Waals surface area (Å²) in [6, 6.07) is 15.1. The molecule has 1 spiro atoms. The molecule has 1 N–H and O–H groups in total. The number of anilines is 2. The number of carbonyl (C=O) groups is 1. The molecular weight excluding hydrogens is 440 g/mol. The topological polar surface area (TPSA) is 43.8 Å². The molecule has 0 unspecified atom stereocenters. The number of fused-ring (bicyclic) bond motifs is 2. The van der Waals surface area contributed by atoms with Crippen molar-refractivity contribution in [3.63, 3.8) is 0 Å². The van der Waals surface area contributed by atoms with E-state index in [1.807, 2.05) is 17.8 Å². The fourth-order valence-corrected chi connectivity index (χ4v) is 6.82. The van der Waals surface area contributed by atoms with E-state index in [4.69, 9.17) is 21.5 Å². The van der Waals surface area contributed by atoms with Gasteiger partial charge in [0.15, 0.2) is 0 Å². The van der Waals surface area contributed by atoms with Crippen molar-refractivity contribution in [2.24, 2.45) is 0 Å². The number of rotatable bonds is 4. The van der Waals surface area contributed by atoms with E-state index >= 15 is 0 Å². The van der Waals surface area contributed by atoms with Crippen molar-refractivity contribution >= 4 is 40.7 Å². The van der Waals surface area contributed by atoms with Gasteiger partial charge >= 0.3 is 0 Å². The molecule has 1 aliphatic carbocycles. The van der Waals surface area contributed by atoms with Gasteiger partial charge in [0.25, 0.3) is 5.97 Å². The lowest BCUT2D eigenvalue weighted by Gasteiger charge is -2.42. The van der Waals surface area contributed by atoms with Crippen molar-refractivity contribution in [1.29, 1.82) is 0 Å². The minimum absolute atomic E-state index is 0.537. The number of likely N-dealkylation sites (tertiary alicyclic amines) is 1. The average Bonchev–Trinajstić information content (AvgIpc) is 3.15. The number of para-hydroxylation sites is 1. The highest BCUT2D eigenvalue weighted by molar-refractivity contribution is 7.99. The Morgan fingerprint density at radius 2 is 1.69 bits per heavy atom. The lowest BCUT2D eigenvalue weighted by molar-refractivity contribution is -0.134. The summed E-state index contributed by atoms with van der Waals surface area (Å²) in [6.07, 6.45) is 11.2. The third-order valence-electron chi connectivity index (χ3n) is 6.92. The molecule has 1 saturated heterocycles. The average molecular weight is 473 g/mol. The van der Waals surface area contributed by atoms with E-state index in [9.17, 15) is 0 Å². The van der Waals surface area contributed by atoms with Gasteiger partial charge in [-0.1, -0.05) is 54.8 Å². The highest BCUT2D eigenvalue weighted by Crippen LogP contribution is 2.49. The summed E-state index contributed by atoms with van der Waals surface area (Å²) in [4.78, 5) is 17.0. The zero-order valence-corrected chi connectivity index (χ0v) is 20.4. The molecule has 2 aliphatic heterocycles. The number of halogens is 1. The molecule has 2 fully saturated rings. The molecule has 6 heteroatoms. The number of carboxylic acid groups (broad SMARTS) is 1. The lowest BCUT2D eigenvalue weighted by Crippen LogP contribution is -2.46. The summed E-state index contributed by atoms with van der Waals surface area (Å²) in [5, 5.41) is 8.24. The summed E-state index contributed by atoms with van der Waals surface area (Å²) in [6.45, 7) is 4.66. The first-order valence-corrected chi connectivity index (χ1v) is 13.0. The summed E-state index contributed by atoms with van der Waals surface area (Å²) in [5.74, 6) is -0.833. The largest absolute Gasteiger partial charge is 0.481 e. The summed E-state index contributed by atoms with van der Waals surface area (Å²) >= 11 is 8.22. The van der Waals surface area contributed by atoms with Crippen LogP contribution in [0.4, 0.5) is 11.4 Å². The molecule has 4 nitrogen and oxygen atoms in total. The first-order valence-electron chi connectivity index (χ1n) is 11.8. The fourth-order valence-electron chi connectivity index (χ4n) is 5.58. The first-order chi connectivity index (χ1) is 15.5. The maximum Gasteiger partial charge on any atom is 0.300 e. The SMILES string of the molecule is CC(=O)O.Clc1ccc2c(c1)N(CCCN1CCCC13CCCCC3)c1ccccc1S2. The zero-order valence-electron chi connectivity index (χ0n) is 18.9. The van der Waals surface area contributed by atoms with Crippen LogP contribution in [-0.4, -0.2) is 41.1 Å². The van der Waals surface area contributed by atoms with Crippen LogP contribution in [0.1, 0.15) is 58.3 Å². The van der Waals surface area contributed by atoms with Crippen LogP contribution in [0.2, 0.25) is 5.02 Å². The number of carboxylic acids is 1. The van der Waals surface area contributed by atoms with E-state index in [-0.39, 0.29) is 0 Å². The molecule has 3 aliphatic rings. The van der Waals surface area contributed by atoms with Crippen LogP contribution < -0.4 is 4.90 Å². The molecule has 0 radical (unpaired) electrons. The monoisotopic (exact) mass is 472 g/mol. The maximum atomic E-state index is 9.00. The summed E-state index contributed by atoms with van der Waals surface area (Å²) in [5.41, 5.74) is 3.14. The van der Waals surface area contributed by atoms with Crippen LogP contribution in [0.3, 0.4) is 0 Å². The molecule has 172 valence electrons. The Morgan fingerprint density at radius 3 is 2.47 bits per heavy atom. The van der Waals surface area contributed by atoms with Crippen LogP contribution in [0.25, 0.3) is 0 Å². The minimum atomic E-state index is -0.833. The van der Waals surface area contributed by atoms with Gasteiger partial charge in [0.1, 0.15) is 0 Å². The Kier molecular flexibility index (Phi) is 7.70. The Labute approximate surface area is 200 Å². The highest BCUT2D eigenvalue weighted by atomic mass is 35.5. The predicted molar refractivity (Wildman–Crippen MR) is 134 cm³/mol. The molecule has 0 bridgehead atoms. The molecular formula is C26H33ClN2O2S. The van der Waals surface area contributed by atoms with Gasteiger partial charge in [-0.05, 0) is 69.0 Å². The van der Waals surface area contributed by atoms with Gasteiger partial charge in [-0.3, -0.25) is 9.69 Å². The van der Waals surface area contributed by atoms with Gasteiger partial charge in [0.05, 0.1) is 11.4 Å². The third kappa shape index (κ3) is 5.27. The van der Waals surface area contributed by atoms with Crippen LogP contribution in [-0.2, 0) is 4.79 Å². The lowest BCUT2D eigenvalue weighted by atomic mass is 9.80. The van der Waals surface area contributed by atoms with E-state index in [0.29, 0.717) is 5.54 Å². The zero-order chi connectivity index (χ0) is 22.6. The van der Waals surface area contributed by atoms with Crippen LogP contribution in [0.5, 0.6) is 0 Å². The molecule has 2 aromatic carbocycles. The van der Waals surface area contributed by atoms with Gasteiger partial charge in [-0.15, -0.1) is 0 Å². The predicted octanol–water partition coefficient (Wildman–Crippen LogP) is 7.22. The first kappa shape index (κ1) is 23.5. The molecule has 2 heterocycles. The summed E-state index contributed by atoms with van der Waals surface area (Å²) in [7, 11) is 0. The second-order valence-electron chi connectivity index (χ2n) is 9.08.